The average Bonchev–Trinajstić information content (AvgIpc) is 2.23. The van der Waals surface area contributed by atoms with E-state index < -0.39 is 0 Å². The first-order valence-electron chi connectivity index (χ1n) is 5.76. The van der Waals surface area contributed by atoms with Gasteiger partial charge in [-0.1, -0.05) is 19.8 Å². The molecule has 0 aromatic heterocycles. The van der Waals surface area contributed by atoms with E-state index in [-0.39, 0.29) is 24.6 Å². The van der Waals surface area contributed by atoms with Gasteiger partial charge >= 0.3 is 0 Å². The Hall–Kier alpha value is -0.610. The topological polar surface area (TPSA) is 61.4 Å². The number of rotatable bonds is 8. The standard InChI is InChI=1S/C11H24N2O2/c1-4-5-6-7-12-11(15)10(3)13-9(2)8-14/h9-10,13-14H,4-8H2,1-3H3,(H,12,15). The van der Waals surface area contributed by atoms with E-state index in [1.807, 2.05) is 6.92 Å². The fraction of sp³-hybridized carbons (Fsp3) is 0.909. The smallest absolute Gasteiger partial charge is 0.236 e. The fourth-order valence-electron chi connectivity index (χ4n) is 1.29. The molecule has 0 spiro atoms. The van der Waals surface area contributed by atoms with Gasteiger partial charge in [0.2, 0.25) is 5.91 Å². The Morgan fingerprint density at radius 1 is 1.33 bits per heavy atom. The summed E-state index contributed by atoms with van der Waals surface area (Å²) in [4.78, 5) is 11.5. The van der Waals surface area contributed by atoms with Crippen molar-refractivity contribution in [3.63, 3.8) is 0 Å². The molecular formula is C11H24N2O2. The summed E-state index contributed by atoms with van der Waals surface area (Å²) in [6, 6.07) is -0.282. The first-order valence-corrected chi connectivity index (χ1v) is 5.76. The maximum absolute atomic E-state index is 11.5. The zero-order chi connectivity index (χ0) is 11.7. The van der Waals surface area contributed by atoms with E-state index >= 15 is 0 Å². The van der Waals surface area contributed by atoms with Crippen LogP contribution in [0.2, 0.25) is 0 Å². The summed E-state index contributed by atoms with van der Waals surface area (Å²) in [5.74, 6) is 0.00593. The molecule has 1 amide bonds. The Morgan fingerprint density at radius 2 is 2.00 bits per heavy atom. The largest absolute Gasteiger partial charge is 0.395 e. The van der Waals surface area contributed by atoms with Gasteiger partial charge in [-0.3, -0.25) is 4.79 Å². The predicted octanol–water partition coefficient (Wildman–Crippen LogP) is 0.652. The maximum Gasteiger partial charge on any atom is 0.236 e. The minimum absolute atomic E-state index is 0.00593. The zero-order valence-electron chi connectivity index (χ0n) is 10.0. The lowest BCUT2D eigenvalue weighted by Crippen LogP contribution is -2.46. The van der Waals surface area contributed by atoms with Crippen LogP contribution < -0.4 is 10.6 Å². The Kier molecular flexibility index (Phi) is 8.33. The summed E-state index contributed by atoms with van der Waals surface area (Å²) < 4.78 is 0. The van der Waals surface area contributed by atoms with Crippen LogP contribution >= 0.6 is 0 Å². The van der Waals surface area contributed by atoms with Gasteiger partial charge in [0.25, 0.3) is 0 Å². The summed E-state index contributed by atoms with van der Waals surface area (Å²) in [7, 11) is 0. The highest BCUT2D eigenvalue weighted by Gasteiger charge is 2.13. The highest BCUT2D eigenvalue weighted by atomic mass is 16.3. The zero-order valence-corrected chi connectivity index (χ0v) is 10.0. The van der Waals surface area contributed by atoms with Crippen molar-refractivity contribution in [2.24, 2.45) is 0 Å². The molecule has 0 aliphatic heterocycles. The number of hydrogen-bond donors (Lipinski definition) is 3. The van der Waals surface area contributed by atoms with E-state index in [2.05, 4.69) is 17.6 Å². The van der Waals surface area contributed by atoms with Gasteiger partial charge in [0.15, 0.2) is 0 Å². The lowest BCUT2D eigenvalue weighted by atomic mass is 10.2. The van der Waals surface area contributed by atoms with Gasteiger partial charge in [-0.2, -0.15) is 0 Å². The van der Waals surface area contributed by atoms with Gasteiger partial charge in [-0.25, -0.2) is 0 Å². The van der Waals surface area contributed by atoms with Gasteiger partial charge < -0.3 is 15.7 Å². The second-order valence-electron chi connectivity index (χ2n) is 3.97. The summed E-state index contributed by atoms with van der Waals surface area (Å²) in [5.41, 5.74) is 0. The third-order valence-electron chi connectivity index (χ3n) is 2.28. The molecule has 0 bridgehead atoms. The fourth-order valence-corrected chi connectivity index (χ4v) is 1.29. The minimum Gasteiger partial charge on any atom is -0.395 e. The van der Waals surface area contributed by atoms with E-state index in [1.54, 1.807) is 6.92 Å². The molecule has 90 valence electrons. The van der Waals surface area contributed by atoms with Gasteiger partial charge in [-0.15, -0.1) is 0 Å². The molecule has 0 aliphatic rings. The number of aliphatic hydroxyl groups excluding tert-OH is 1. The van der Waals surface area contributed by atoms with E-state index in [9.17, 15) is 4.79 Å². The molecule has 15 heavy (non-hydrogen) atoms. The molecular weight excluding hydrogens is 192 g/mol. The molecule has 0 aliphatic carbocycles. The molecule has 0 saturated carbocycles. The van der Waals surface area contributed by atoms with Crippen molar-refractivity contribution >= 4 is 5.91 Å². The second-order valence-corrected chi connectivity index (χ2v) is 3.97. The summed E-state index contributed by atoms with van der Waals surface area (Å²) in [5, 5.41) is 14.7. The van der Waals surface area contributed by atoms with Crippen molar-refractivity contribution in [3.8, 4) is 0 Å². The monoisotopic (exact) mass is 216 g/mol. The molecule has 4 nitrogen and oxygen atoms in total. The van der Waals surface area contributed by atoms with Crippen molar-refractivity contribution in [3.05, 3.63) is 0 Å². The van der Waals surface area contributed by atoms with Crippen molar-refractivity contribution in [2.45, 2.75) is 52.1 Å². The second kappa shape index (κ2) is 8.68. The van der Waals surface area contributed by atoms with Crippen LogP contribution in [0.4, 0.5) is 0 Å². The van der Waals surface area contributed by atoms with E-state index in [1.165, 1.54) is 0 Å². The third-order valence-corrected chi connectivity index (χ3v) is 2.28. The number of hydrogen-bond acceptors (Lipinski definition) is 3. The van der Waals surface area contributed by atoms with Crippen LogP contribution in [0.15, 0.2) is 0 Å². The Bertz CT molecular complexity index is 174. The molecule has 0 saturated heterocycles. The lowest BCUT2D eigenvalue weighted by Gasteiger charge is -2.17. The van der Waals surface area contributed by atoms with Crippen LogP contribution in [-0.4, -0.2) is 36.2 Å². The van der Waals surface area contributed by atoms with Gasteiger partial charge in [0.1, 0.15) is 0 Å². The molecule has 0 aromatic rings. The van der Waals surface area contributed by atoms with E-state index in [0.29, 0.717) is 0 Å². The molecule has 2 unspecified atom stereocenters. The molecule has 2 atom stereocenters. The Balaban J connectivity index is 3.60. The first kappa shape index (κ1) is 14.4. The van der Waals surface area contributed by atoms with Crippen molar-refractivity contribution in [1.29, 1.82) is 0 Å². The van der Waals surface area contributed by atoms with Crippen LogP contribution in [0, 0.1) is 0 Å². The first-order chi connectivity index (χ1) is 7.11. The van der Waals surface area contributed by atoms with Crippen LogP contribution in [0.1, 0.15) is 40.0 Å². The molecule has 0 heterocycles. The molecule has 0 radical (unpaired) electrons. The quantitative estimate of drug-likeness (QED) is 0.522. The number of aliphatic hydroxyl groups is 1. The number of unbranched alkanes of at least 4 members (excludes halogenated alkanes) is 2. The summed E-state index contributed by atoms with van der Waals surface area (Å²) in [6.45, 7) is 6.58. The van der Waals surface area contributed by atoms with Crippen molar-refractivity contribution in [1.82, 2.24) is 10.6 Å². The third kappa shape index (κ3) is 7.33. The molecule has 0 fully saturated rings. The Labute approximate surface area is 92.4 Å². The predicted molar refractivity (Wildman–Crippen MR) is 61.7 cm³/mol. The SMILES string of the molecule is CCCCCNC(=O)C(C)NC(C)CO. The van der Waals surface area contributed by atoms with Gasteiger partial charge in [0.05, 0.1) is 12.6 Å². The van der Waals surface area contributed by atoms with Gasteiger partial charge in [-0.05, 0) is 20.3 Å². The summed E-state index contributed by atoms with van der Waals surface area (Å²) >= 11 is 0. The van der Waals surface area contributed by atoms with Crippen LogP contribution in [0.25, 0.3) is 0 Å². The summed E-state index contributed by atoms with van der Waals surface area (Å²) in [6.07, 6.45) is 3.34. The molecule has 0 rings (SSSR count). The van der Waals surface area contributed by atoms with E-state index in [4.69, 9.17) is 5.11 Å². The molecule has 4 heteroatoms. The molecule has 0 aromatic carbocycles. The number of amides is 1. The average molecular weight is 216 g/mol. The van der Waals surface area contributed by atoms with Crippen LogP contribution in [-0.2, 0) is 4.79 Å². The highest BCUT2D eigenvalue weighted by Crippen LogP contribution is 1.92. The Morgan fingerprint density at radius 3 is 2.53 bits per heavy atom. The number of carbonyl (C=O) groups is 1. The van der Waals surface area contributed by atoms with E-state index in [0.717, 1.165) is 25.8 Å². The van der Waals surface area contributed by atoms with Gasteiger partial charge in [0, 0.05) is 12.6 Å². The van der Waals surface area contributed by atoms with Crippen LogP contribution in [0.3, 0.4) is 0 Å². The number of nitrogens with one attached hydrogen (secondary N) is 2. The number of carbonyl (C=O) groups excluding carboxylic acids is 1. The maximum atomic E-state index is 11.5. The highest BCUT2D eigenvalue weighted by molar-refractivity contribution is 5.81. The van der Waals surface area contributed by atoms with Crippen molar-refractivity contribution in [2.75, 3.05) is 13.2 Å². The molecule has 3 N–H and O–H groups in total. The normalized spacial score (nSPS) is 14.7. The van der Waals surface area contributed by atoms with Crippen molar-refractivity contribution < 1.29 is 9.90 Å². The lowest BCUT2D eigenvalue weighted by molar-refractivity contribution is -0.123. The minimum atomic E-state index is -0.242. The van der Waals surface area contributed by atoms with Crippen LogP contribution in [0.5, 0.6) is 0 Å².